The van der Waals surface area contributed by atoms with Gasteiger partial charge in [-0.1, -0.05) is 0 Å². The van der Waals surface area contributed by atoms with Crippen molar-refractivity contribution in [3.05, 3.63) is 39.4 Å². The summed E-state index contributed by atoms with van der Waals surface area (Å²) in [4.78, 5) is 24.5. The number of aryl methyl sites for hydroxylation is 1. The molecule has 2 rings (SSSR count). The van der Waals surface area contributed by atoms with Crippen LogP contribution in [0.5, 0.6) is 0 Å². The Kier molecular flexibility index (Phi) is 5.47. The lowest BCUT2D eigenvalue weighted by atomic mass is 10.1. The molecule has 0 radical (unpaired) electrons. The van der Waals surface area contributed by atoms with E-state index < -0.39 is 4.92 Å². The maximum atomic E-state index is 12.4. The predicted molar refractivity (Wildman–Crippen MR) is 78.4 cm³/mol. The van der Waals surface area contributed by atoms with Crippen LogP contribution in [0.3, 0.4) is 0 Å². The van der Waals surface area contributed by atoms with Crippen molar-refractivity contribution in [3.8, 4) is 0 Å². The first-order chi connectivity index (χ1) is 8.99. The minimum absolute atomic E-state index is 0. The third-order valence-corrected chi connectivity index (χ3v) is 3.28. The van der Waals surface area contributed by atoms with Crippen LogP contribution in [0.4, 0.5) is 5.69 Å². The van der Waals surface area contributed by atoms with Crippen molar-refractivity contribution >= 4 is 24.0 Å². The Labute approximate surface area is 123 Å². The highest BCUT2D eigenvalue weighted by Gasteiger charge is 2.25. The van der Waals surface area contributed by atoms with Gasteiger partial charge in [0.1, 0.15) is 0 Å². The first-order valence-electron chi connectivity index (χ1n) is 6.27. The maximum Gasteiger partial charge on any atom is 0.270 e. The molecule has 1 aliphatic heterocycles. The first-order valence-corrected chi connectivity index (χ1v) is 6.27. The summed E-state index contributed by atoms with van der Waals surface area (Å²) >= 11 is 0. The highest BCUT2D eigenvalue weighted by atomic mass is 35.5. The molecular weight excluding hydrogens is 282 g/mol. The monoisotopic (exact) mass is 299 g/mol. The van der Waals surface area contributed by atoms with Gasteiger partial charge in [0.2, 0.25) is 0 Å². The molecule has 0 unspecified atom stereocenters. The zero-order valence-corrected chi connectivity index (χ0v) is 12.3. The Bertz CT molecular complexity index is 522. The Morgan fingerprint density at radius 3 is 2.75 bits per heavy atom. The molecule has 1 amide bonds. The number of nitro benzene ring substituents is 1. The molecule has 7 heteroatoms. The molecule has 1 aromatic carbocycles. The zero-order chi connectivity index (χ0) is 14.0. The van der Waals surface area contributed by atoms with Gasteiger partial charge in [0.25, 0.3) is 11.6 Å². The van der Waals surface area contributed by atoms with E-state index in [2.05, 4.69) is 5.32 Å². The minimum atomic E-state index is -0.467. The molecule has 6 nitrogen and oxygen atoms in total. The number of benzene rings is 1. The Balaban J connectivity index is 0.00000200. The number of nitrogens with one attached hydrogen (secondary N) is 1. The second kappa shape index (κ2) is 6.67. The number of amides is 1. The van der Waals surface area contributed by atoms with Gasteiger partial charge in [-0.2, -0.15) is 0 Å². The lowest BCUT2D eigenvalue weighted by Crippen LogP contribution is -2.52. The Hall–Kier alpha value is -1.66. The molecule has 1 aromatic rings. The van der Waals surface area contributed by atoms with Gasteiger partial charge in [0.05, 0.1) is 4.92 Å². The van der Waals surface area contributed by atoms with Gasteiger partial charge in [-0.3, -0.25) is 14.9 Å². The lowest BCUT2D eigenvalue weighted by Gasteiger charge is -2.34. The van der Waals surface area contributed by atoms with Crippen molar-refractivity contribution in [1.29, 1.82) is 0 Å². The Morgan fingerprint density at radius 1 is 1.45 bits per heavy atom. The van der Waals surface area contributed by atoms with Crippen LogP contribution >= 0.6 is 12.4 Å². The normalized spacial score (nSPS) is 18.3. The minimum Gasteiger partial charge on any atom is -0.333 e. The van der Waals surface area contributed by atoms with Crippen LogP contribution in [-0.2, 0) is 0 Å². The molecule has 0 aliphatic carbocycles. The fourth-order valence-corrected chi connectivity index (χ4v) is 2.30. The lowest BCUT2D eigenvalue weighted by molar-refractivity contribution is -0.384. The number of hydrogen-bond acceptors (Lipinski definition) is 4. The average Bonchev–Trinajstić information content (AvgIpc) is 2.37. The molecule has 1 fully saturated rings. The smallest absolute Gasteiger partial charge is 0.270 e. The molecule has 20 heavy (non-hydrogen) atoms. The van der Waals surface area contributed by atoms with E-state index in [1.165, 1.54) is 12.1 Å². The van der Waals surface area contributed by atoms with Crippen LogP contribution in [0.15, 0.2) is 18.2 Å². The van der Waals surface area contributed by atoms with Gasteiger partial charge < -0.3 is 10.2 Å². The van der Waals surface area contributed by atoms with E-state index in [0.29, 0.717) is 12.1 Å². The standard InChI is InChI=1S/C13H17N3O3.ClH/c1-9-5-11(7-12(6-9)16(18)19)13(17)15-4-3-14-8-10(15)2;/h5-7,10,14H,3-4,8H2,1-2H3;1H/t10-;/m0./s1. The predicted octanol–water partition coefficient (Wildman–Crippen LogP) is 1.76. The van der Waals surface area contributed by atoms with Gasteiger partial charge in [-0.05, 0) is 25.5 Å². The number of halogens is 1. The maximum absolute atomic E-state index is 12.4. The second-order valence-corrected chi connectivity index (χ2v) is 4.87. The summed E-state index contributed by atoms with van der Waals surface area (Å²) < 4.78 is 0. The van der Waals surface area contributed by atoms with Crippen LogP contribution < -0.4 is 5.32 Å². The third-order valence-electron chi connectivity index (χ3n) is 3.28. The number of carbonyl (C=O) groups is 1. The quantitative estimate of drug-likeness (QED) is 0.667. The number of nitro groups is 1. The first kappa shape index (κ1) is 16.4. The SMILES string of the molecule is Cc1cc(C(=O)N2CCNC[C@@H]2C)cc([N+](=O)[O-])c1.Cl. The average molecular weight is 300 g/mol. The molecule has 0 aromatic heterocycles. The van der Waals surface area contributed by atoms with E-state index in [1.807, 2.05) is 6.92 Å². The van der Waals surface area contributed by atoms with Crippen LogP contribution in [0.2, 0.25) is 0 Å². The fourth-order valence-electron chi connectivity index (χ4n) is 2.30. The largest absolute Gasteiger partial charge is 0.333 e. The van der Waals surface area contributed by atoms with Gasteiger partial charge in [0.15, 0.2) is 0 Å². The number of hydrogen-bond donors (Lipinski definition) is 1. The van der Waals surface area contributed by atoms with Gasteiger partial charge in [-0.15, -0.1) is 12.4 Å². The number of rotatable bonds is 2. The van der Waals surface area contributed by atoms with E-state index in [-0.39, 0.29) is 30.0 Å². The number of piperazine rings is 1. The van der Waals surface area contributed by atoms with Crippen LogP contribution in [0, 0.1) is 17.0 Å². The van der Waals surface area contributed by atoms with Crippen molar-refractivity contribution in [2.24, 2.45) is 0 Å². The molecule has 1 aliphatic rings. The van der Waals surface area contributed by atoms with E-state index >= 15 is 0 Å². The molecule has 0 bridgehead atoms. The van der Waals surface area contributed by atoms with E-state index in [9.17, 15) is 14.9 Å². The zero-order valence-electron chi connectivity index (χ0n) is 11.5. The van der Waals surface area contributed by atoms with Gasteiger partial charge in [-0.25, -0.2) is 0 Å². The van der Waals surface area contributed by atoms with E-state index in [4.69, 9.17) is 0 Å². The summed E-state index contributed by atoms with van der Waals surface area (Å²) in [5, 5.41) is 14.0. The molecule has 110 valence electrons. The summed E-state index contributed by atoms with van der Waals surface area (Å²) in [6, 6.07) is 4.62. The second-order valence-electron chi connectivity index (χ2n) is 4.87. The number of non-ortho nitro benzene ring substituents is 1. The molecule has 1 N–H and O–H groups in total. The Morgan fingerprint density at radius 2 is 2.15 bits per heavy atom. The number of carbonyl (C=O) groups excluding carboxylic acids is 1. The summed E-state index contributed by atoms with van der Waals surface area (Å²) in [7, 11) is 0. The molecule has 0 spiro atoms. The number of nitrogens with zero attached hydrogens (tertiary/aromatic N) is 2. The van der Waals surface area contributed by atoms with E-state index in [0.717, 1.165) is 18.7 Å². The summed E-state index contributed by atoms with van der Waals surface area (Å²) in [6.07, 6.45) is 0. The van der Waals surface area contributed by atoms with Crippen molar-refractivity contribution in [1.82, 2.24) is 10.2 Å². The summed E-state index contributed by atoms with van der Waals surface area (Å²) in [5.41, 5.74) is 1.08. The topological polar surface area (TPSA) is 75.5 Å². The molecule has 0 saturated carbocycles. The summed E-state index contributed by atoms with van der Waals surface area (Å²) in [6.45, 7) is 5.85. The van der Waals surface area contributed by atoms with Crippen LogP contribution in [0.1, 0.15) is 22.8 Å². The van der Waals surface area contributed by atoms with Crippen molar-refractivity contribution < 1.29 is 9.72 Å². The molecule has 1 saturated heterocycles. The molecule has 1 atom stereocenters. The summed E-state index contributed by atoms with van der Waals surface area (Å²) in [5.74, 6) is -0.138. The highest BCUT2D eigenvalue weighted by molar-refractivity contribution is 5.95. The van der Waals surface area contributed by atoms with Crippen molar-refractivity contribution in [2.45, 2.75) is 19.9 Å². The van der Waals surface area contributed by atoms with Crippen molar-refractivity contribution in [2.75, 3.05) is 19.6 Å². The van der Waals surface area contributed by atoms with Crippen LogP contribution in [0.25, 0.3) is 0 Å². The van der Waals surface area contributed by atoms with Gasteiger partial charge in [0, 0.05) is 43.4 Å². The molecule has 1 heterocycles. The third kappa shape index (κ3) is 3.46. The van der Waals surface area contributed by atoms with Crippen LogP contribution in [-0.4, -0.2) is 41.4 Å². The van der Waals surface area contributed by atoms with E-state index in [1.54, 1.807) is 17.9 Å². The highest BCUT2D eigenvalue weighted by Crippen LogP contribution is 2.19. The van der Waals surface area contributed by atoms with Crippen molar-refractivity contribution in [3.63, 3.8) is 0 Å². The fraction of sp³-hybridized carbons (Fsp3) is 0.462. The molecular formula is C13H18ClN3O3. The van der Waals surface area contributed by atoms with Gasteiger partial charge >= 0.3 is 0 Å².